The number of anilines is 1. The lowest BCUT2D eigenvalue weighted by molar-refractivity contribution is 0.288. The largest absolute Gasteiger partial charge is 0.396 e. The van der Waals surface area contributed by atoms with E-state index in [1.54, 1.807) is 4.52 Å². The van der Waals surface area contributed by atoms with Crippen LogP contribution in [0.15, 0.2) is 6.33 Å². The van der Waals surface area contributed by atoms with Gasteiger partial charge in [-0.2, -0.15) is 19.6 Å². The second kappa shape index (κ2) is 5.71. The Morgan fingerprint density at radius 1 is 1.47 bits per heavy atom. The number of rotatable bonds is 5. The fourth-order valence-corrected chi connectivity index (χ4v) is 2.23. The molecule has 19 heavy (non-hydrogen) atoms. The summed E-state index contributed by atoms with van der Waals surface area (Å²) in [5, 5.41) is 13.7. The topological polar surface area (TPSA) is 66.5 Å². The van der Waals surface area contributed by atoms with Crippen LogP contribution in [0.25, 0.3) is 5.78 Å². The number of hydrogen-bond acceptors (Lipinski definition) is 5. The smallest absolute Gasteiger partial charge is 0.255 e. The number of fused-ring (bicyclic) bond motifs is 1. The Bertz CT molecular complexity index is 568. The van der Waals surface area contributed by atoms with Crippen molar-refractivity contribution in [1.82, 2.24) is 19.6 Å². The van der Waals surface area contributed by atoms with Crippen molar-refractivity contribution >= 4 is 23.2 Å². The Hall–Kier alpha value is -1.40. The molecule has 0 aliphatic rings. The molecule has 0 saturated carbocycles. The summed E-state index contributed by atoms with van der Waals surface area (Å²) >= 11 is 6.16. The fourth-order valence-electron chi connectivity index (χ4n) is 2.07. The second-order valence-electron chi connectivity index (χ2n) is 4.69. The van der Waals surface area contributed by atoms with E-state index in [1.807, 2.05) is 6.92 Å². The molecule has 0 spiro atoms. The van der Waals surface area contributed by atoms with Gasteiger partial charge in [0.05, 0.1) is 0 Å². The summed E-state index contributed by atoms with van der Waals surface area (Å²) < 4.78 is 1.69. The van der Waals surface area contributed by atoms with Gasteiger partial charge in [-0.25, -0.2) is 0 Å². The molecule has 0 atom stereocenters. The van der Waals surface area contributed by atoms with Gasteiger partial charge in [-0.15, -0.1) is 0 Å². The molecule has 0 bridgehead atoms. The molecule has 2 aromatic heterocycles. The minimum Gasteiger partial charge on any atom is -0.396 e. The van der Waals surface area contributed by atoms with Crippen LogP contribution < -0.4 is 4.90 Å². The summed E-state index contributed by atoms with van der Waals surface area (Å²) in [6.45, 7) is 6.98. The maximum atomic E-state index is 9.04. The molecule has 6 nitrogen and oxygen atoms in total. The van der Waals surface area contributed by atoms with Crippen LogP contribution >= 0.6 is 11.6 Å². The SMILES string of the molecule is Cc1c(Cl)nc2ncnn2c1N(CCCO)C(C)C. The summed E-state index contributed by atoms with van der Waals surface area (Å²) in [6.07, 6.45) is 2.15. The molecule has 0 unspecified atom stereocenters. The Balaban J connectivity index is 2.56. The standard InChI is InChI=1S/C12H18ClN5O/c1-8(2)17(5-4-6-19)11-9(3)10(13)16-12-14-7-15-18(11)12/h7-8,19H,4-6H2,1-3H3. The zero-order valence-corrected chi connectivity index (χ0v) is 12.1. The molecule has 0 amide bonds. The molecule has 0 aliphatic carbocycles. The third kappa shape index (κ3) is 2.64. The molecule has 0 saturated heterocycles. The normalized spacial score (nSPS) is 11.5. The van der Waals surface area contributed by atoms with Crippen LogP contribution in [0.5, 0.6) is 0 Å². The highest BCUT2D eigenvalue weighted by molar-refractivity contribution is 6.30. The van der Waals surface area contributed by atoms with Gasteiger partial charge in [0.2, 0.25) is 0 Å². The fraction of sp³-hybridized carbons (Fsp3) is 0.583. The molecule has 0 aliphatic heterocycles. The van der Waals surface area contributed by atoms with Crippen molar-refractivity contribution < 1.29 is 5.11 Å². The molecule has 1 N–H and O–H groups in total. The van der Waals surface area contributed by atoms with Crippen LogP contribution in [0.3, 0.4) is 0 Å². The quantitative estimate of drug-likeness (QED) is 0.846. The average Bonchev–Trinajstić information content (AvgIpc) is 2.81. The Kier molecular flexibility index (Phi) is 4.21. The zero-order valence-electron chi connectivity index (χ0n) is 11.3. The van der Waals surface area contributed by atoms with Crippen molar-refractivity contribution in [1.29, 1.82) is 0 Å². The van der Waals surface area contributed by atoms with Gasteiger partial charge >= 0.3 is 0 Å². The van der Waals surface area contributed by atoms with Gasteiger partial charge < -0.3 is 10.0 Å². The van der Waals surface area contributed by atoms with E-state index in [-0.39, 0.29) is 12.6 Å². The molecule has 104 valence electrons. The molecule has 0 aromatic carbocycles. The zero-order chi connectivity index (χ0) is 14.0. The van der Waals surface area contributed by atoms with Gasteiger partial charge in [0.1, 0.15) is 17.3 Å². The minimum absolute atomic E-state index is 0.154. The van der Waals surface area contributed by atoms with E-state index in [2.05, 4.69) is 33.8 Å². The predicted octanol–water partition coefficient (Wildman–Crippen LogP) is 1.68. The molecule has 2 rings (SSSR count). The van der Waals surface area contributed by atoms with E-state index in [4.69, 9.17) is 16.7 Å². The molecular formula is C12H18ClN5O. The average molecular weight is 284 g/mol. The monoisotopic (exact) mass is 283 g/mol. The van der Waals surface area contributed by atoms with Crippen LogP contribution in [-0.2, 0) is 0 Å². The lowest BCUT2D eigenvalue weighted by atomic mass is 10.2. The maximum absolute atomic E-state index is 9.04. The Morgan fingerprint density at radius 2 is 2.21 bits per heavy atom. The summed E-state index contributed by atoms with van der Waals surface area (Å²) in [4.78, 5) is 10.4. The van der Waals surface area contributed by atoms with Crippen LogP contribution in [0.1, 0.15) is 25.8 Å². The lowest BCUT2D eigenvalue weighted by Gasteiger charge is -2.30. The molecule has 2 aromatic rings. The minimum atomic E-state index is 0.154. The van der Waals surface area contributed by atoms with Crippen LogP contribution in [0.4, 0.5) is 5.82 Å². The summed E-state index contributed by atoms with van der Waals surface area (Å²) in [5.41, 5.74) is 0.867. The van der Waals surface area contributed by atoms with Crippen LogP contribution in [-0.4, -0.2) is 43.9 Å². The number of halogens is 1. The van der Waals surface area contributed by atoms with Gasteiger partial charge in [-0.3, -0.25) is 0 Å². The lowest BCUT2D eigenvalue weighted by Crippen LogP contribution is -2.34. The number of aromatic nitrogens is 4. The van der Waals surface area contributed by atoms with Gasteiger partial charge in [0.25, 0.3) is 5.78 Å². The van der Waals surface area contributed by atoms with E-state index in [0.29, 0.717) is 17.4 Å². The second-order valence-corrected chi connectivity index (χ2v) is 5.05. The van der Waals surface area contributed by atoms with Gasteiger partial charge in [-0.05, 0) is 27.2 Å². The first kappa shape index (κ1) is 14.0. The van der Waals surface area contributed by atoms with E-state index in [9.17, 15) is 0 Å². The first-order valence-electron chi connectivity index (χ1n) is 6.29. The Morgan fingerprint density at radius 3 is 2.84 bits per heavy atom. The summed E-state index contributed by atoms with van der Waals surface area (Å²) in [5.74, 6) is 1.37. The van der Waals surface area contributed by atoms with E-state index in [1.165, 1.54) is 6.33 Å². The summed E-state index contributed by atoms with van der Waals surface area (Å²) in [6, 6.07) is 0.260. The highest BCUT2D eigenvalue weighted by atomic mass is 35.5. The molecule has 0 radical (unpaired) electrons. The van der Waals surface area contributed by atoms with Crippen molar-refractivity contribution in [3.8, 4) is 0 Å². The van der Waals surface area contributed by atoms with Crippen LogP contribution in [0, 0.1) is 6.92 Å². The van der Waals surface area contributed by atoms with Gasteiger partial charge in [0, 0.05) is 24.8 Å². The molecule has 0 fully saturated rings. The maximum Gasteiger partial charge on any atom is 0.255 e. The molecule has 2 heterocycles. The number of aliphatic hydroxyl groups is 1. The van der Waals surface area contributed by atoms with Crippen molar-refractivity contribution in [2.45, 2.75) is 33.2 Å². The van der Waals surface area contributed by atoms with Crippen molar-refractivity contribution in [2.24, 2.45) is 0 Å². The summed E-state index contributed by atoms with van der Waals surface area (Å²) in [7, 11) is 0. The van der Waals surface area contributed by atoms with Crippen molar-refractivity contribution in [3.05, 3.63) is 17.0 Å². The van der Waals surface area contributed by atoms with Gasteiger partial charge in [-0.1, -0.05) is 11.6 Å². The highest BCUT2D eigenvalue weighted by Gasteiger charge is 2.20. The number of hydrogen-bond donors (Lipinski definition) is 1. The molecular weight excluding hydrogens is 266 g/mol. The Labute approximate surface area is 117 Å². The number of nitrogens with zero attached hydrogens (tertiary/aromatic N) is 5. The van der Waals surface area contributed by atoms with Crippen LogP contribution in [0.2, 0.25) is 5.15 Å². The highest BCUT2D eigenvalue weighted by Crippen LogP contribution is 2.27. The third-order valence-electron chi connectivity index (χ3n) is 3.03. The van der Waals surface area contributed by atoms with E-state index < -0.39 is 0 Å². The predicted molar refractivity (Wildman–Crippen MR) is 74.7 cm³/mol. The van der Waals surface area contributed by atoms with Crippen molar-refractivity contribution in [3.63, 3.8) is 0 Å². The van der Waals surface area contributed by atoms with Gasteiger partial charge in [0.15, 0.2) is 0 Å². The van der Waals surface area contributed by atoms with Crippen molar-refractivity contribution in [2.75, 3.05) is 18.1 Å². The third-order valence-corrected chi connectivity index (χ3v) is 3.39. The molecule has 7 heteroatoms. The first-order chi connectivity index (χ1) is 9.06. The number of aliphatic hydroxyl groups excluding tert-OH is 1. The first-order valence-corrected chi connectivity index (χ1v) is 6.67. The van der Waals surface area contributed by atoms with E-state index in [0.717, 1.165) is 17.9 Å². The van der Waals surface area contributed by atoms with E-state index >= 15 is 0 Å².